The monoisotopic (exact) mass is 348 g/mol. The molecule has 1 aliphatic carbocycles. The minimum absolute atomic E-state index is 0.0313. The summed E-state index contributed by atoms with van der Waals surface area (Å²) in [6.45, 7) is 1.64. The van der Waals surface area contributed by atoms with E-state index in [2.05, 4.69) is 15.5 Å². The largest absolute Gasteiger partial charge is 0.336 e. The van der Waals surface area contributed by atoms with Crippen molar-refractivity contribution in [3.05, 3.63) is 39.7 Å². The standard InChI is InChI=1S/C14H16N6O3S/c1-8-2-5-10(6-11(8)20(22)23)16-12(21)7-24-14-18-17-13(19(14)15)9-3-4-9/h2,5-6,9H,3-4,7,15H2,1H3,(H,16,21). The summed E-state index contributed by atoms with van der Waals surface area (Å²) in [5.41, 5.74) is 0.887. The van der Waals surface area contributed by atoms with Crippen LogP contribution in [0.25, 0.3) is 0 Å². The van der Waals surface area contributed by atoms with Crippen molar-refractivity contribution in [2.45, 2.75) is 30.8 Å². The molecule has 1 aliphatic rings. The molecular formula is C14H16N6O3S. The van der Waals surface area contributed by atoms with Crippen LogP contribution in [0.2, 0.25) is 0 Å². The van der Waals surface area contributed by atoms with Gasteiger partial charge in [-0.3, -0.25) is 14.9 Å². The number of nitrogen functional groups attached to an aromatic ring is 1. The molecule has 0 aliphatic heterocycles. The number of nitrogens with two attached hydrogens (primary N) is 1. The summed E-state index contributed by atoms with van der Waals surface area (Å²) in [5, 5.41) is 22.1. The lowest BCUT2D eigenvalue weighted by molar-refractivity contribution is -0.385. The summed E-state index contributed by atoms with van der Waals surface area (Å²) < 4.78 is 1.42. The smallest absolute Gasteiger partial charge is 0.274 e. The van der Waals surface area contributed by atoms with Crippen LogP contribution < -0.4 is 11.2 Å². The number of amides is 1. The molecule has 10 heteroatoms. The number of rotatable bonds is 6. The van der Waals surface area contributed by atoms with Gasteiger partial charge in [0.05, 0.1) is 10.7 Å². The van der Waals surface area contributed by atoms with Crippen molar-refractivity contribution < 1.29 is 9.72 Å². The van der Waals surface area contributed by atoms with Crippen molar-refractivity contribution in [1.82, 2.24) is 14.9 Å². The summed E-state index contributed by atoms with van der Waals surface area (Å²) in [6, 6.07) is 4.56. The Balaban J connectivity index is 1.60. The van der Waals surface area contributed by atoms with E-state index < -0.39 is 4.92 Å². The van der Waals surface area contributed by atoms with E-state index in [1.165, 1.54) is 22.5 Å². The Morgan fingerprint density at radius 1 is 1.50 bits per heavy atom. The molecule has 3 N–H and O–H groups in total. The Kier molecular flexibility index (Phi) is 4.38. The third kappa shape index (κ3) is 3.48. The normalized spacial score (nSPS) is 13.7. The first-order valence-corrected chi connectivity index (χ1v) is 8.32. The Labute approximate surface area is 141 Å². The number of nitro benzene ring substituents is 1. The SMILES string of the molecule is Cc1ccc(NC(=O)CSc2nnc(C3CC3)n2N)cc1[N+](=O)[O-]. The van der Waals surface area contributed by atoms with Gasteiger partial charge in [0.2, 0.25) is 11.1 Å². The molecule has 2 aromatic rings. The van der Waals surface area contributed by atoms with Crippen LogP contribution in [-0.2, 0) is 4.79 Å². The quantitative estimate of drug-likeness (QED) is 0.352. The van der Waals surface area contributed by atoms with E-state index in [0.717, 1.165) is 18.7 Å². The van der Waals surface area contributed by atoms with Crippen LogP contribution in [0.4, 0.5) is 11.4 Å². The zero-order chi connectivity index (χ0) is 17.3. The van der Waals surface area contributed by atoms with Gasteiger partial charge < -0.3 is 11.2 Å². The molecule has 3 rings (SSSR count). The number of nitro groups is 1. The number of nitrogens with one attached hydrogen (secondary N) is 1. The average molecular weight is 348 g/mol. The number of thioether (sulfide) groups is 1. The number of aryl methyl sites for hydroxylation is 1. The van der Waals surface area contributed by atoms with Gasteiger partial charge in [0.25, 0.3) is 5.69 Å². The highest BCUT2D eigenvalue weighted by Crippen LogP contribution is 2.39. The van der Waals surface area contributed by atoms with Crippen molar-refractivity contribution in [3.8, 4) is 0 Å². The number of nitrogens with zero attached hydrogens (tertiary/aromatic N) is 4. The van der Waals surface area contributed by atoms with Crippen LogP contribution >= 0.6 is 11.8 Å². The summed E-state index contributed by atoms with van der Waals surface area (Å²) in [6.07, 6.45) is 2.12. The Hall–Kier alpha value is -2.62. The maximum absolute atomic E-state index is 12.0. The fourth-order valence-corrected chi connectivity index (χ4v) is 2.88. The van der Waals surface area contributed by atoms with Gasteiger partial charge in [0.15, 0.2) is 5.82 Å². The molecular weight excluding hydrogens is 332 g/mol. The topological polar surface area (TPSA) is 129 Å². The van der Waals surface area contributed by atoms with E-state index in [0.29, 0.717) is 22.3 Å². The van der Waals surface area contributed by atoms with Crippen molar-refractivity contribution in [2.24, 2.45) is 0 Å². The van der Waals surface area contributed by atoms with Crippen molar-refractivity contribution >= 4 is 29.0 Å². The predicted molar refractivity (Wildman–Crippen MR) is 89.3 cm³/mol. The van der Waals surface area contributed by atoms with Gasteiger partial charge in [-0.05, 0) is 25.8 Å². The first kappa shape index (κ1) is 16.2. The molecule has 0 bridgehead atoms. The highest BCUT2D eigenvalue weighted by atomic mass is 32.2. The van der Waals surface area contributed by atoms with E-state index in [-0.39, 0.29) is 17.3 Å². The van der Waals surface area contributed by atoms with Crippen LogP contribution in [0.15, 0.2) is 23.4 Å². The first-order chi connectivity index (χ1) is 11.5. The van der Waals surface area contributed by atoms with Crippen LogP contribution in [-0.4, -0.2) is 31.5 Å². The molecule has 1 amide bonds. The number of carbonyl (C=O) groups is 1. The molecule has 1 fully saturated rings. The van der Waals surface area contributed by atoms with Crippen LogP contribution in [0.5, 0.6) is 0 Å². The molecule has 0 atom stereocenters. The van der Waals surface area contributed by atoms with Gasteiger partial charge in [-0.2, -0.15) is 0 Å². The highest BCUT2D eigenvalue weighted by Gasteiger charge is 2.30. The summed E-state index contributed by atoms with van der Waals surface area (Å²) in [7, 11) is 0. The van der Waals surface area contributed by atoms with E-state index in [1.54, 1.807) is 19.1 Å². The van der Waals surface area contributed by atoms with E-state index in [9.17, 15) is 14.9 Å². The Morgan fingerprint density at radius 2 is 2.25 bits per heavy atom. The maximum Gasteiger partial charge on any atom is 0.274 e. The lowest BCUT2D eigenvalue weighted by atomic mass is 10.2. The molecule has 0 saturated heterocycles. The lowest BCUT2D eigenvalue weighted by Crippen LogP contribution is -2.17. The highest BCUT2D eigenvalue weighted by molar-refractivity contribution is 7.99. The van der Waals surface area contributed by atoms with Crippen LogP contribution in [0.3, 0.4) is 0 Å². The van der Waals surface area contributed by atoms with Crippen LogP contribution in [0.1, 0.15) is 30.1 Å². The molecule has 1 saturated carbocycles. The molecule has 1 heterocycles. The van der Waals surface area contributed by atoms with Crippen molar-refractivity contribution in [3.63, 3.8) is 0 Å². The lowest BCUT2D eigenvalue weighted by Gasteiger charge is -2.06. The van der Waals surface area contributed by atoms with Gasteiger partial charge in [0.1, 0.15) is 0 Å². The van der Waals surface area contributed by atoms with Gasteiger partial charge in [-0.25, -0.2) is 4.68 Å². The number of benzene rings is 1. The number of hydrogen-bond acceptors (Lipinski definition) is 7. The summed E-state index contributed by atoms with van der Waals surface area (Å²) >= 11 is 1.17. The Morgan fingerprint density at radius 3 is 2.92 bits per heavy atom. The molecule has 1 aromatic heterocycles. The minimum atomic E-state index is -0.476. The molecule has 9 nitrogen and oxygen atoms in total. The van der Waals surface area contributed by atoms with Gasteiger partial charge in [0, 0.05) is 23.2 Å². The number of carbonyl (C=O) groups excluding carboxylic acids is 1. The zero-order valence-corrected chi connectivity index (χ0v) is 13.7. The predicted octanol–water partition coefficient (Wildman–Crippen LogP) is 1.82. The second-order valence-electron chi connectivity index (χ2n) is 5.58. The molecule has 0 spiro atoms. The van der Waals surface area contributed by atoms with Gasteiger partial charge in [-0.15, -0.1) is 10.2 Å². The number of hydrogen-bond donors (Lipinski definition) is 2. The number of aromatic nitrogens is 3. The molecule has 0 radical (unpaired) electrons. The summed E-state index contributed by atoms with van der Waals surface area (Å²) in [4.78, 5) is 22.5. The van der Waals surface area contributed by atoms with E-state index >= 15 is 0 Å². The van der Waals surface area contributed by atoms with Crippen LogP contribution in [0, 0.1) is 17.0 Å². The molecule has 24 heavy (non-hydrogen) atoms. The maximum atomic E-state index is 12.0. The van der Waals surface area contributed by atoms with E-state index in [1.807, 2.05) is 0 Å². The van der Waals surface area contributed by atoms with E-state index in [4.69, 9.17) is 5.84 Å². The number of anilines is 1. The van der Waals surface area contributed by atoms with Gasteiger partial charge in [-0.1, -0.05) is 17.8 Å². The third-order valence-corrected chi connectivity index (χ3v) is 4.60. The molecule has 0 unspecified atom stereocenters. The first-order valence-electron chi connectivity index (χ1n) is 7.34. The summed E-state index contributed by atoms with van der Waals surface area (Å²) in [5.74, 6) is 6.82. The second kappa shape index (κ2) is 6.48. The molecule has 1 aromatic carbocycles. The van der Waals surface area contributed by atoms with Crippen molar-refractivity contribution in [1.29, 1.82) is 0 Å². The Bertz CT molecular complexity index is 802. The zero-order valence-electron chi connectivity index (χ0n) is 12.9. The third-order valence-electron chi connectivity index (χ3n) is 3.66. The molecule has 126 valence electrons. The van der Waals surface area contributed by atoms with Gasteiger partial charge >= 0.3 is 0 Å². The fourth-order valence-electron chi connectivity index (χ4n) is 2.22. The average Bonchev–Trinajstić information content (AvgIpc) is 3.31. The second-order valence-corrected chi connectivity index (χ2v) is 6.52. The fraction of sp³-hybridized carbons (Fsp3) is 0.357. The van der Waals surface area contributed by atoms with Crippen molar-refractivity contribution in [2.75, 3.05) is 16.9 Å². The minimum Gasteiger partial charge on any atom is -0.336 e.